The van der Waals surface area contributed by atoms with Crippen LogP contribution < -0.4 is 5.73 Å². The fraction of sp³-hybridized carbons (Fsp3) is 0.545. The van der Waals surface area contributed by atoms with Gasteiger partial charge >= 0.3 is 5.97 Å². The van der Waals surface area contributed by atoms with Crippen molar-refractivity contribution < 1.29 is 14.3 Å². The molecular weight excluding hydrogens is 194 g/mol. The molecule has 1 saturated carbocycles. The number of carbonyl (C=O) groups is 1. The van der Waals surface area contributed by atoms with Crippen molar-refractivity contribution in [3.63, 3.8) is 0 Å². The van der Waals surface area contributed by atoms with Gasteiger partial charge in [0.25, 0.3) is 0 Å². The number of carboxylic acids is 1. The van der Waals surface area contributed by atoms with Crippen LogP contribution in [0.25, 0.3) is 0 Å². The van der Waals surface area contributed by atoms with Crippen molar-refractivity contribution in [2.24, 2.45) is 5.73 Å². The van der Waals surface area contributed by atoms with Gasteiger partial charge in [0, 0.05) is 6.04 Å². The van der Waals surface area contributed by atoms with E-state index in [-0.39, 0.29) is 6.04 Å². The maximum Gasteiger partial charge on any atom is 0.317 e. The number of furan rings is 1. The van der Waals surface area contributed by atoms with Gasteiger partial charge in [-0.15, -0.1) is 0 Å². The van der Waals surface area contributed by atoms with Crippen molar-refractivity contribution in [1.29, 1.82) is 0 Å². The van der Waals surface area contributed by atoms with Crippen molar-refractivity contribution >= 4 is 5.97 Å². The Bertz CT molecular complexity index is 337. The molecule has 3 N–H and O–H groups in total. The molecule has 0 bridgehead atoms. The molecule has 15 heavy (non-hydrogen) atoms. The van der Waals surface area contributed by atoms with Crippen LogP contribution in [0.3, 0.4) is 0 Å². The first-order valence-corrected chi connectivity index (χ1v) is 5.18. The minimum atomic E-state index is -0.848. The Kier molecular flexibility index (Phi) is 2.52. The minimum Gasteiger partial charge on any atom is -0.480 e. The average Bonchev–Trinajstić information content (AvgIpc) is 2.72. The van der Waals surface area contributed by atoms with E-state index < -0.39 is 11.4 Å². The number of rotatable bonds is 2. The molecule has 0 spiro atoms. The van der Waals surface area contributed by atoms with Crippen LogP contribution in [0.5, 0.6) is 0 Å². The summed E-state index contributed by atoms with van der Waals surface area (Å²) in [5.74, 6) is -0.244. The third-order valence-corrected chi connectivity index (χ3v) is 3.29. The lowest BCUT2D eigenvalue weighted by Crippen LogP contribution is -2.42. The highest BCUT2D eigenvalue weighted by Gasteiger charge is 2.45. The molecule has 0 aromatic carbocycles. The van der Waals surface area contributed by atoms with Gasteiger partial charge in [0.2, 0.25) is 0 Å². The monoisotopic (exact) mass is 209 g/mol. The Balaban J connectivity index is 2.30. The highest BCUT2D eigenvalue weighted by molar-refractivity contribution is 5.80. The molecule has 0 atom stereocenters. The second-order valence-corrected chi connectivity index (χ2v) is 4.20. The molecule has 82 valence electrons. The Morgan fingerprint density at radius 2 is 2.20 bits per heavy atom. The molecule has 4 nitrogen and oxygen atoms in total. The first-order chi connectivity index (χ1) is 7.15. The van der Waals surface area contributed by atoms with Crippen LogP contribution in [0, 0.1) is 0 Å². The lowest BCUT2D eigenvalue weighted by atomic mass is 9.71. The zero-order valence-corrected chi connectivity index (χ0v) is 8.48. The number of aliphatic carboxylic acids is 1. The van der Waals surface area contributed by atoms with Gasteiger partial charge in [-0.2, -0.15) is 0 Å². The van der Waals surface area contributed by atoms with E-state index in [1.54, 1.807) is 12.1 Å². The van der Waals surface area contributed by atoms with Crippen LogP contribution in [-0.4, -0.2) is 17.1 Å². The first-order valence-electron chi connectivity index (χ1n) is 5.18. The van der Waals surface area contributed by atoms with Crippen molar-refractivity contribution in [3.05, 3.63) is 24.2 Å². The lowest BCUT2D eigenvalue weighted by Gasteiger charge is -2.33. The van der Waals surface area contributed by atoms with Crippen LogP contribution in [-0.2, 0) is 10.2 Å². The quantitative estimate of drug-likeness (QED) is 0.773. The first kappa shape index (κ1) is 10.2. The molecule has 0 saturated heterocycles. The Morgan fingerprint density at radius 1 is 1.53 bits per heavy atom. The van der Waals surface area contributed by atoms with E-state index in [1.165, 1.54) is 6.26 Å². The predicted molar refractivity (Wildman–Crippen MR) is 54.5 cm³/mol. The van der Waals surface area contributed by atoms with Crippen LogP contribution in [0.1, 0.15) is 31.4 Å². The largest absolute Gasteiger partial charge is 0.480 e. The summed E-state index contributed by atoms with van der Waals surface area (Å²) in [5.41, 5.74) is 4.94. The molecule has 0 radical (unpaired) electrons. The van der Waals surface area contributed by atoms with E-state index in [1.807, 2.05) is 0 Å². The molecule has 1 aliphatic carbocycles. The summed E-state index contributed by atoms with van der Waals surface area (Å²) in [6, 6.07) is 3.60. The average molecular weight is 209 g/mol. The summed E-state index contributed by atoms with van der Waals surface area (Å²) >= 11 is 0. The molecule has 1 aromatic rings. The molecule has 0 amide bonds. The highest BCUT2D eigenvalue weighted by Crippen LogP contribution is 2.39. The Labute approximate surface area is 88.1 Å². The lowest BCUT2D eigenvalue weighted by molar-refractivity contribution is -0.146. The predicted octanol–water partition coefficient (Wildman–Crippen LogP) is 1.50. The zero-order valence-electron chi connectivity index (χ0n) is 8.48. The van der Waals surface area contributed by atoms with E-state index >= 15 is 0 Å². The van der Waals surface area contributed by atoms with E-state index in [4.69, 9.17) is 10.2 Å². The fourth-order valence-electron chi connectivity index (χ4n) is 2.25. The standard InChI is InChI=1S/C11H15NO3/c12-8-3-5-11(6-4-8,10(13)14)9-2-1-7-15-9/h1-2,7-8H,3-6,12H2,(H,13,14). The number of carboxylic acid groups (broad SMARTS) is 1. The van der Waals surface area contributed by atoms with Gasteiger partial charge in [0.05, 0.1) is 6.26 Å². The number of hydrogen-bond donors (Lipinski definition) is 2. The summed E-state index contributed by atoms with van der Waals surface area (Å²) < 4.78 is 5.25. The van der Waals surface area contributed by atoms with Gasteiger partial charge < -0.3 is 15.3 Å². The van der Waals surface area contributed by atoms with E-state index in [9.17, 15) is 9.90 Å². The van der Waals surface area contributed by atoms with Crippen molar-refractivity contribution in [2.75, 3.05) is 0 Å². The number of nitrogens with two attached hydrogens (primary N) is 1. The third kappa shape index (κ3) is 1.65. The van der Waals surface area contributed by atoms with Crippen molar-refractivity contribution in [2.45, 2.75) is 37.1 Å². The maximum atomic E-state index is 11.4. The normalized spacial score (nSPS) is 31.4. The van der Waals surface area contributed by atoms with Crippen LogP contribution in [0.15, 0.2) is 22.8 Å². The summed E-state index contributed by atoms with van der Waals surface area (Å²) in [4.78, 5) is 11.4. The summed E-state index contributed by atoms with van der Waals surface area (Å²) in [6.45, 7) is 0. The fourth-order valence-corrected chi connectivity index (χ4v) is 2.25. The number of hydrogen-bond acceptors (Lipinski definition) is 3. The molecule has 1 aliphatic rings. The van der Waals surface area contributed by atoms with E-state index in [0.717, 1.165) is 12.8 Å². The highest BCUT2D eigenvalue weighted by atomic mass is 16.4. The second kappa shape index (κ2) is 3.70. The molecule has 0 aliphatic heterocycles. The molecule has 1 heterocycles. The van der Waals surface area contributed by atoms with Gasteiger partial charge in [0.15, 0.2) is 0 Å². The van der Waals surface area contributed by atoms with Crippen LogP contribution in [0.2, 0.25) is 0 Å². The SMILES string of the molecule is NC1CCC(C(=O)O)(c2ccco2)CC1. The van der Waals surface area contributed by atoms with Gasteiger partial charge in [-0.25, -0.2) is 0 Å². The van der Waals surface area contributed by atoms with Gasteiger partial charge in [-0.1, -0.05) is 0 Å². The third-order valence-electron chi connectivity index (χ3n) is 3.29. The minimum absolute atomic E-state index is 0.132. The van der Waals surface area contributed by atoms with Gasteiger partial charge in [-0.05, 0) is 37.8 Å². The molecule has 0 unspecified atom stereocenters. The Morgan fingerprint density at radius 3 is 2.67 bits per heavy atom. The molecule has 2 rings (SSSR count). The van der Waals surface area contributed by atoms with Crippen molar-refractivity contribution in [3.8, 4) is 0 Å². The maximum absolute atomic E-state index is 11.4. The molecular formula is C11H15NO3. The van der Waals surface area contributed by atoms with E-state index in [0.29, 0.717) is 18.6 Å². The smallest absolute Gasteiger partial charge is 0.317 e. The molecule has 4 heteroatoms. The van der Waals surface area contributed by atoms with Crippen molar-refractivity contribution in [1.82, 2.24) is 0 Å². The summed E-state index contributed by atoms with van der Waals surface area (Å²) in [7, 11) is 0. The molecule has 1 aromatic heterocycles. The second-order valence-electron chi connectivity index (χ2n) is 4.20. The van der Waals surface area contributed by atoms with Crippen LogP contribution in [0.4, 0.5) is 0 Å². The van der Waals surface area contributed by atoms with Gasteiger partial charge in [-0.3, -0.25) is 4.79 Å². The summed E-state index contributed by atoms with van der Waals surface area (Å²) in [6.07, 6.45) is 4.14. The zero-order chi connectivity index (χ0) is 10.9. The van der Waals surface area contributed by atoms with Gasteiger partial charge in [0.1, 0.15) is 11.2 Å². The Hall–Kier alpha value is -1.29. The topological polar surface area (TPSA) is 76.5 Å². The van der Waals surface area contributed by atoms with E-state index in [2.05, 4.69) is 0 Å². The van der Waals surface area contributed by atoms with Crippen LogP contribution >= 0.6 is 0 Å². The molecule has 1 fully saturated rings. The summed E-state index contributed by atoms with van der Waals surface area (Å²) in [5, 5.41) is 9.35.